The highest BCUT2D eigenvalue weighted by molar-refractivity contribution is 6.07. The van der Waals surface area contributed by atoms with Crippen LogP contribution in [0.25, 0.3) is 0 Å². The van der Waals surface area contributed by atoms with Gasteiger partial charge >= 0.3 is 0 Å². The van der Waals surface area contributed by atoms with Crippen LogP contribution >= 0.6 is 0 Å². The predicted molar refractivity (Wildman–Crippen MR) is 51.7 cm³/mol. The first-order chi connectivity index (χ1) is 7.27. The third-order valence-corrected chi connectivity index (χ3v) is 3.40. The van der Waals surface area contributed by atoms with Gasteiger partial charge in [0.15, 0.2) is 0 Å². The van der Waals surface area contributed by atoms with E-state index in [2.05, 4.69) is 10.3 Å². The zero-order valence-corrected chi connectivity index (χ0v) is 8.01. The summed E-state index contributed by atoms with van der Waals surface area (Å²) < 4.78 is 0. The summed E-state index contributed by atoms with van der Waals surface area (Å²) in [5, 5.41) is 2.39. The Hall–Kier alpha value is -1.71. The van der Waals surface area contributed by atoms with Crippen LogP contribution in [0.1, 0.15) is 17.9 Å². The number of rotatable bonds is 1. The van der Waals surface area contributed by atoms with Crippen molar-refractivity contribution in [3.05, 3.63) is 30.1 Å². The van der Waals surface area contributed by atoms with Crippen molar-refractivity contribution in [3.63, 3.8) is 0 Å². The summed E-state index contributed by atoms with van der Waals surface area (Å²) in [6, 6.07) is 3.83. The Morgan fingerprint density at radius 1 is 1.13 bits per heavy atom. The molecule has 1 N–H and O–H groups in total. The highest BCUT2D eigenvalue weighted by atomic mass is 16.2. The minimum absolute atomic E-state index is 0.0873. The second-order valence-corrected chi connectivity index (χ2v) is 4.11. The molecule has 0 aromatic carbocycles. The van der Waals surface area contributed by atoms with Crippen molar-refractivity contribution in [2.24, 2.45) is 11.8 Å². The average Bonchev–Trinajstić information content (AvgIpc) is 2.37. The average molecular weight is 202 g/mol. The van der Waals surface area contributed by atoms with E-state index in [0.717, 1.165) is 12.0 Å². The normalized spacial score (nSPS) is 33.2. The van der Waals surface area contributed by atoms with Crippen LogP contribution in [0, 0.1) is 11.8 Å². The minimum atomic E-state index is -0.139. The van der Waals surface area contributed by atoms with E-state index in [0.29, 0.717) is 0 Å². The summed E-state index contributed by atoms with van der Waals surface area (Å²) in [5.74, 6) is -0.242. The lowest BCUT2D eigenvalue weighted by atomic mass is 9.63. The molecule has 1 saturated carbocycles. The van der Waals surface area contributed by atoms with Gasteiger partial charge in [-0.1, -0.05) is 0 Å². The smallest absolute Gasteiger partial charge is 0.231 e. The molecule has 1 aliphatic carbocycles. The number of hydrogen-bond donors (Lipinski definition) is 1. The fourth-order valence-corrected chi connectivity index (χ4v) is 2.54. The van der Waals surface area contributed by atoms with Gasteiger partial charge in [0, 0.05) is 12.4 Å². The number of pyridine rings is 1. The Balaban J connectivity index is 1.88. The van der Waals surface area contributed by atoms with Crippen molar-refractivity contribution >= 4 is 11.8 Å². The zero-order valence-electron chi connectivity index (χ0n) is 8.01. The van der Waals surface area contributed by atoms with E-state index in [1.54, 1.807) is 12.4 Å². The Kier molecular flexibility index (Phi) is 1.65. The van der Waals surface area contributed by atoms with Gasteiger partial charge in [-0.2, -0.15) is 0 Å². The molecule has 1 aromatic heterocycles. The number of carbonyl (C=O) groups is 2. The first-order valence-corrected chi connectivity index (χ1v) is 5.02. The zero-order chi connectivity index (χ0) is 10.4. The van der Waals surface area contributed by atoms with E-state index in [1.165, 1.54) is 0 Å². The molecule has 76 valence electrons. The van der Waals surface area contributed by atoms with Crippen LogP contribution in [0.4, 0.5) is 0 Å². The van der Waals surface area contributed by atoms with Crippen LogP contribution in [0.2, 0.25) is 0 Å². The van der Waals surface area contributed by atoms with Crippen molar-refractivity contribution in [2.75, 3.05) is 0 Å². The van der Waals surface area contributed by atoms with Crippen molar-refractivity contribution < 1.29 is 9.59 Å². The first-order valence-electron chi connectivity index (χ1n) is 5.02. The second-order valence-electron chi connectivity index (χ2n) is 4.11. The Morgan fingerprint density at radius 2 is 1.87 bits per heavy atom. The molecule has 2 fully saturated rings. The largest absolute Gasteiger partial charge is 0.296 e. The lowest BCUT2D eigenvalue weighted by Gasteiger charge is -2.36. The molecular weight excluding hydrogens is 192 g/mol. The molecule has 2 amide bonds. The van der Waals surface area contributed by atoms with E-state index in [1.807, 2.05) is 12.1 Å². The third-order valence-electron chi connectivity index (χ3n) is 3.40. The molecule has 3 atom stereocenters. The molecular formula is C11H10N2O2. The SMILES string of the molecule is O=C1NC(=O)C2C1CC2c1ccncc1. The Labute approximate surface area is 86.7 Å². The summed E-state index contributed by atoms with van der Waals surface area (Å²) in [6.45, 7) is 0. The van der Waals surface area contributed by atoms with E-state index in [4.69, 9.17) is 0 Å². The Morgan fingerprint density at radius 3 is 2.53 bits per heavy atom. The van der Waals surface area contributed by atoms with Gasteiger partial charge in [-0.25, -0.2) is 0 Å². The number of amides is 2. The molecule has 4 nitrogen and oxygen atoms in total. The second kappa shape index (κ2) is 2.89. The van der Waals surface area contributed by atoms with Crippen molar-refractivity contribution in [3.8, 4) is 0 Å². The number of carbonyl (C=O) groups excluding carboxylic acids is 2. The van der Waals surface area contributed by atoms with Gasteiger partial charge in [0.2, 0.25) is 11.8 Å². The monoisotopic (exact) mass is 202 g/mol. The number of aromatic nitrogens is 1. The molecule has 0 radical (unpaired) electrons. The molecule has 0 bridgehead atoms. The number of nitrogens with one attached hydrogen (secondary N) is 1. The Bertz CT molecular complexity index is 429. The van der Waals surface area contributed by atoms with Gasteiger partial charge in [0.1, 0.15) is 0 Å². The summed E-state index contributed by atoms with van der Waals surface area (Å²) in [4.78, 5) is 26.7. The quantitative estimate of drug-likeness (QED) is 0.673. The standard InChI is InChI=1S/C11H10N2O2/c14-10-8-5-7(9(8)11(15)13-10)6-1-3-12-4-2-6/h1-4,7-9H,5H2,(H,13,14,15). The molecule has 0 spiro atoms. The molecule has 4 heteroatoms. The van der Waals surface area contributed by atoms with Gasteiger partial charge in [-0.05, 0) is 30.0 Å². The van der Waals surface area contributed by atoms with E-state index in [-0.39, 0.29) is 29.6 Å². The van der Waals surface area contributed by atoms with E-state index in [9.17, 15) is 9.59 Å². The summed E-state index contributed by atoms with van der Waals surface area (Å²) >= 11 is 0. The third kappa shape index (κ3) is 1.11. The summed E-state index contributed by atoms with van der Waals surface area (Å²) in [6.07, 6.45) is 4.22. The molecule has 2 heterocycles. The highest BCUT2D eigenvalue weighted by Crippen LogP contribution is 2.49. The summed E-state index contributed by atoms with van der Waals surface area (Å²) in [5.41, 5.74) is 1.11. The van der Waals surface area contributed by atoms with E-state index < -0.39 is 0 Å². The fraction of sp³-hybridized carbons (Fsp3) is 0.364. The van der Waals surface area contributed by atoms with Gasteiger partial charge in [0.05, 0.1) is 11.8 Å². The van der Waals surface area contributed by atoms with Crippen LogP contribution in [0.15, 0.2) is 24.5 Å². The van der Waals surface area contributed by atoms with Crippen LogP contribution < -0.4 is 5.32 Å². The topological polar surface area (TPSA) is 59.1 Å². The molecule has 15 heavy (non-hydrogen) atoms. The van der Waals surface area contributed by atoms with Crippen LogP contribution in [-0.2, 0) is 9.59 Å². The predicted octanol–water partition coefficient (Wildman–Crippen LogP) is 0.458. The molecule has 1 saturated heterocycles. The number of fused-ring (bicyclic) bond motifs is 1. The van der Waals surface area contributed by atoms with Crippen molar-refractivity contribution in [2.45, 2.75) is 12.3 Å². The van der Waals surface area contributed by atoms with Crippen molar-refractivity contribution in [1.29, 1.82) is 0 Å². The molecule has 1 aromatic rings. The minimum Gasteiger partial charge on any atom is -0.296 e. The van der Waals surface area contributed by atoms with Gasteiger partial charge in [-0.15, -0.1) is 0 Å². The maximum Gasteiger partial charge on any atom is 0.231 e. The highest BCUT2D eigenvalue weighted by Gasteiger charge is 2.54. The van der Waals surface area contributed by atoms with Crippen molar-refractivity contribution in [1.82, 2.24) is 10.3 Å². The molecule has 3 rings (SSSR count). The van der Waals surface area contributed by atoms with Gasteiger partial charge in [-0.3, -0.25) is 19.9 Å². The van der Waals surface area contributed by atoms with Gasteiger partial charge in [0.25, 0.3) is 0 Å². The lowest BCUT2D eigenvalue weighted by molar-refractivity contribution is -0.125. The van der Waals surface area contributed by atoms with Crippen LogP contribution in [0.5, 0.6) is 0 Å². The number of nitrogens with zero attached hydrogens (tertiary/aromatic N) is 1. The molecule has 2 aliphatic rings. The fourth-order valence-electron chi connectivity index (χ4n) is 2.54. The first kappa shape index (κ1) is 8.59. The number of imide groups is 1. The van der Waals surface area contributed by atoms with Gasteiger partial charge < -0.3 is 0 Å². The van der Waals surface area contributed by atoms with Crippen LogP contribution in [0.3, 0.4) is 0 Å². The lowest BCUT2D eigenvalue weighted by Crippen LogP contribution is -2.37. The van der Waals surface area contributed by atoms with Crippen LogP contribution in [-0.4, -0.2) is 16.8 Å². The molecule has 1 aliphatic heterocycles. The maximum atomic E-state index is 11.5. The maximum absolute atomic E-state index is 11.5. The van der Waals surface area contributed by atoms with E-state index >= 15 is 0 Å². The molecule has 3 unspecified atom stereocenters. The summed E-state index contributed by atoms with van der Waals surface area (Å²) in [7, 11) is 0. The number of hydrogen-bond acceptors (Lipinski definition) is 3.